The van der Waals surface area contributed by atoms with Crippen LogP contribution in [-0.2, 0) is 6.54 Å². The summed E-state index contributed by atoms with van der Waals surface area (Å²) in [5.41, 5.74) is 2.86. The van der Waals surface area contributed by atoms with E-state index in [4.69, 9.17) is 30.5 Å². The minimum Gasteiger partial charge on any atom is -0.463 e. The molecule has 1 aliphatic heterocycles. The van der Waals surface area contributed by atoms with E-state index in [2.05, 4.69) is 9.95 Å². The number of nitrogens with zero attached hydrogens (tertiary/aromatic N) is 2. The number of hydrogen-bond donors (Lipinski definition) is 0. The fraction of sp³-hybridized carbons (Fsp3) is 0.0952. The van der Waals surface area contributed by atoms with Gasteiger partial charge in [-0.15, -0.1) is 11.3 Å². The van der Waals surface area contributed by atoms with E-state index < -0.39 is 0 Å². The second-order valence-electron chi connectivity index (χ2n) is 6.25. The van der Waals surface area contributed by atoms with E-state index in [1.807, 2.05) is 54.6 Å². The molecule has 4 aromatic rings. The highest BCUT2D eigenvalue weighted by atomic mass is 35.5. The Labute approximate surface area is 170 Å². The molecule has 0 N–H and O–H groups in total. The van der Waals surface area contributed by atoms with Gasteiger partial charge in [-0.1, -0.05) is 23.7 Å². The summed E-state index contributed by atoms with van der Waals surface area (Å²) in [6, 6.07) is 17.3. The number of hydrogen-bond acceptors (Lipinski definition) is 5. The van der Waals surface area contributed by atoms with Gasteiger partial charge in [-0.2, -0.15) is 0 Å². The molecule has 2 aromatic heterocycles. The van der Waals surface area contributed by atoms with Crippen molar-refractivity contribution in [2.45, 2.75) is 6.54 Å². The summed E-state index contributed by atoms with van der Waals surface area (Å²) in [5.74, 6) is 2.33. The van der Waals surface area contributed by atoms with Crippen LogP contribution in [0.25, 0.3) is 11.5 Å². The fourth-order valence-electron chi connectivity index (χ4n) is 3.07. The second kappa shape index (κ2) is 7.22. The number of rotatable bonds is 4. The number of ether oxygens (including phenoxy) is 2. The van der Waals surface area contributed by atoms with Crippen LogP contribution in [0.1, 0.15) is 5.56 Å². The molecule has 0 bridgehead atoms. The zero-order valence-electron chi connectivity index (χ0n) is 14.7. The summed E-state index contributed by atoms with van der Waals surface area (Å²) in [5, 5.41) is 2.71. The number of halogens is 1. The van der Waals surface area contributed by atoms with E-state index in [0.29, 0.717) is 11.6 Å². The van der Waals surface area contributed by atoms with Crippen LogP contribution in [0.4, 0.5) is 5.69 Å². The van der Waals surface area contributed by atoms with Gasteiger partial charge >= 0.3 is 0 Å². The largest absolute Gasteiger partial charge is 0.463 e. The van der Waals surface area contributed by atoms with Crippen LogP contribution in [0.15, 0.2) is 75.7 Å². The molecule has 5 rings (SSSR count). The quantitative estimate of drug-likeness (QED) is 0.448. The molecule has 0 fully saturated rings. The van der Waals surface area contributed by atoms with Crippen LogP contribution in [0.2, 0.25) is 5.02 Å². The number of thiazole rings is 1. The van der Waals surface area contributed by atoms with Gasteiger partial charge in [0.25, 0.3) is 0 Å². The average molecular weight is 411 g/mol. The first kappa shape index (κ1) is 17.2. The number of benzene rings is 2. The molecule has 2 aromatic carbocycles. The van der Waals surface area contributed by atoms with Crippen molar-refractivity contribution in [3.63, 3.8) is 0 Å². The lowest BCUT2D eigenvalue weighted by molar-refractivity contribution is 0.174. The van der Waals surface area contributed by atoms with Crippen LogP contribution in [0, 0.1) is 0 Å². The van der Waals surface area contributed by atoms with Crippen molar-refractivity contribution >= 4 is 28.6 Å². The normalized spacial score (nSPS) is 13.2. The van der Waals surface area contributed by atoms with E-state index in [1.165, 1.54) is 0 Å². The molecule has 0 radical (unpaired) electrons. The highest BCUT2D eigenvalue weighted by Gasteiger charge is 2.15. The third kappa shape index (κ3) is 3.32. The van der Waals surface area contributed by atoms with E-state index in [0.717, 1.165) is 39.0 Å². The van der Waals surface area contributed by atoms with Gasteiger partial charge in [-0.3, -0.25) is 0 Å². The minimum absolute atomic E-state index is 0.261. The van der Waals surface area contributed by atoms with Gasteiger partial charge in [-0.25, -0.2) is 4.99 Å². The van der Waals surface area contributed by atoms with Crippen molar-refractivity contribution in [1.82, 2.24) is 4.57 Å². The molecular weight excluding hydrogens is 396 g/mol. The molecule has 3 heterocycles. The zero-order valence-corrected chi connectivity index (χ0v) is 16.2. The molecule has 0 saturated carbocycles. The monoisotopic (exact) mass is 410 g/mol. The SMILES string of the molecule is Clc1cccc(N=c2scc(-c3ccco3)n2Cc2ccc3c(c2)OCO3)c1. The first-order valence-electron chi connectivity index (χ1n) is 8.67. The van der Waals surface area contributed by atoms with Gasteiger partial charge < -0.3 is 18.5 Å². The Morgan fingerprint density at radius 1 is 1.04 bits per heavy atom. The van der Waals surface area contributed by atoms with Crippen molar-refractivity contribution in [2.75, 3.05) is 6.79 Å². The molecular formula is C21H15ClN2O3S. The molecule has 0 aliphatic carbocycles. The average Bonchev–Trinajstić information content (AvgIpc) is 3.43. The van der Waals surface area contributed by atoms with E-state index in [-0.39, 0.29) is 6.79 Å². The van der Waals surface area contributed by atoms with E-state index >= 15 is 0 Å². The summed E-state index contributed by atoms with van der Waals surface area (Å²) in [6.45, 7) is 0.882. The van der Waals surface area contributed by atoms with Crippen LogP contribution in [0.3, 0.4) is 0 Å². The summed E-state index contributed by atoms with van der Waals surface area (Å²) in [6.07, 6.45) is 1.67. The minimum atomic E-state index is 0.261. The van der Waals surface area contributed by atoms with Gasteiger partial charge in [0.1, 0.15) is 0 Å². The van der Waals surface area contributed by atoms with Gasteiger partial charge in [0.2, 0.25) is 6.79 Å². The highest BCUT2D eigenvalue weighted by molar-refractivity contribution is 7.07. The van der Waals surface area contributed by atoms with Gasteiger partial charge in [0.05, 0.1) is 24.2 Å². The molecule has 0 amide bonds. The Kier molecular flexibility index (Phi) is 4.43. The summed E-state index contributed by atoms with van der Waals surface area (Å²) >= 11 is 7.67. The zero-order chi connectivity index (χ0) is 18.9. The van der Waals surface area contributed by atoms with Crippen molar-refractivity contribution < 1.29 is 13.9 Å². The van der Waals surface area contributed by atoms with Crippen LogP contribution >= 0.6 is 22.9 Å². The first-order valence-corrected chi connectivity index (χ1v) is 9.93. The Morgan fingerprint density at radius 2 is 1.96 bits per heavy atom. The van der Waals surface area contributed by atoms with Crippen molar-refractivity contribution in [1.29, 1.82) is 0 Å². The predicted octanol–water partition coefficient (Wildman–Crippen LogP) is 5.47. The van der Waals surface area contributed by atoms with E-state index in [1.54, 1.807) is 17.6 Å². The van der Waals surface area contributed by atoms with Crippen LogP contribution in [0.5, 0.6) is 11.5 Å². The lowest BCUT2D eigenvalue weighted by Gasteiger charge is -2.08. The first-order chi connectivity index (χ1) is 13.8. The van der Waals surface area contributed by atoms with Crippen LogP contribution < -0.4 is 14.3 Å². The number of fused-ring (bicyclic) bond motifs is 1. The predicted molar refractivity (Wildman–Crippen MR) is 108 cm³/mol. The Morgan fingerprint density at radius 3 is 2.82 bits per heavy atom. The topological polar surface area (TPSA) is 48.9 Å². The maximum atomic E-state index is 6.12. The molecule has 0 saturated heterocycles. The third-order valence-corrected chi connectivity index (χ3v) is 5.48. The fourth-order valence-corrected chi connectivity index (χ4v) is 4.16. The van der Waals surface area contributed by atoms with Gasteiger partial charge in [0.15, 0.2) is 22.1 Å². The van der Waals surface area contributed by atoms with Crippen molar-refractivity contribution in [3.05, 3.63) is 81.6 Å². The molecule has 0 unspecified atom stereocenters. The van der Waals surface area contributed by atoms with Crippen LogP contribution in [-0.4, -0.2) is 11.4 Å². The lowest BCUT2D eigenvalue weighted by atomic mass is 10.2. The Bertz CT molecular complexity index is 1190. The Balaban J connectivity index is 1.61. The second-order valence-corrected chi connectivity index (χ2v) is 7.52. The third-order valence-electron chi connectivity index (χ3n) is 4.38. The Hall–Kier alpha value is -2.96. The summed E-state index contributed by atoms with van der Waals surface area (Å²) in [7, 11) is 0. The molecule has 7 heteroatoms. The maximum Gasteiger partial charge on any atom is 0.231 e. The smallest absolute Gasteiger partial charge is 0.231 e. The maximum absolute atomic E-state index is 6.12. The summed E-state index contributed by atoms with van der Waals surface area (Å²) in [4.78, 5) is 5.65. The molecule has 5 nitrogen and oxygen atoms in total. The van der Waals surface area contributed by atoms with E-state index in [9.17, 15) is 0 Å². The molecule has 28 heavy (non-hydrogen) atoms. The van der Waals surface area contributed by atoms with Crippen molar-refractivity contribution in [2.24, 2.45) is 4.99 Å². The van der Waals surface area contributed by atoms with Gasteiger partial charge in [0, 0.05) is 10.4 Å². The molecule has 140 valence electrons. The highest BCUT2D eigenvalue weighted by Crippen LogP contribution is 2.33. The van der Waals surface area contributed by atoms with Gasteiger partial charge in [-0.05, 0) is 48.0 Å². The number of furan rings is 1. The number of aromatic nitrogens is 1. The molecule has 0 atom stereocenters. The summed E-state index contributed by atoms with van der Waals surface area (Å²) < 4.78 is 18.7. The molecule has 0 spiro atoms. The molecule has 1 aliphatic rings. The standard InChI is InChI=1S/C21H15ClN2O3S/c22-15-3-1-4-16(10-15)23-21-24(17(12-28-21)18-5-2-8-25-18)11-14-6-7-19-20(9-14)27-13-26-19/h1-10,12H,11,13H2. The lowest BCUT2D eigenvalue weighted by Crippen LogP contribution is -2.16. The van der Waals surface area contributed by atoms with Crippen molar-refractivity contribution in [3.8, 4) is 23.0 Å².